The number of aryl methyl sites for hydroxylation is 1. The summed E-state index contributed by atoms with van der Waals surface area (Å²) in [5.41, 5.74) is 1.69. The van der Waals surface area contributed by atoms with Gasteiger partial charge in [0.05, 0.1) is 5.56 Å². The molecule has 0 spiro atoms. The first-order valence-electron chi connectivity index (χ1n) is 5.78. The predicted octanol–water partition coefficient (Wildman–Crippen LogP) is 2.66. The van der Waals surface area contributed by atoms with E-state index in [4.69, 9.17) is 4.84 Å². The zero-order valence-corrected chi connectivity index (χ0v) is 10.2. The van der Waals surface area contributed by atoms with Crippen LogP contribution in [-0.2, 0) is 11.3 Å². The van der Waals surface area contributed by atoms with E-state index in [1.807, 2.05) is 45.0 Å². The fraction of sp³-hybridized carbons (Fsp3) is 0.462. The average molecular weight is 221 g/mol. The summed E-state index contributed by atoms with van der Waals surface area (Å²) >= 11 is 0. The van der Waals surface area contributed by atoms with Crippen molar-refractivity contribution in [2.45, 2.75) is 27.2 Å². The van der Waals surface area contributed by atoms with Gasteiger partial charge in [-0.25, -0.2) is 4.79 Å². The van der Waals surface area contributed by atoms with Gasteiger partial charge < -0.3 is 4.84 Å². The molecule has 88 valence electrons. The molecule has 0 amide bonds. The Balaban J connectivity index is 2.79. The van der Waals surface area contributed by atoms with E-state index in [2.05, 4.69) is 0 Å². The molecule has 16 heavy (non-hydrogen) atoms. The van der Waals surface area contributed by atoms with Gasteiger partial charge in [-0.1, -0.05) is 25.1 Å². The van der Waals surface area contributed by atoms with Crippen LogP contribution in [0.5, 0.6) is 0 Å². The van der Waals surface area contributed by atoms with E-state index >= 15 is 0 Å². The Morgan fingerprint density at radius 3 is 2.38 bits per heavy atom. The van der Waals surface area contributed by atoms with Crippen LogP contribution in [0, 0.1) is 0 Å². The number of hydrogen-bond donors (Lipinski definition) is 0. The molecular weight excluding hydrogens is 202 g/mol. The van der Waals surface area contributed by atoms with E-state index in [1.165, 1.54) is 0 Å². The Morgan fingerprint density at radius 1 is 1.19 bits per heavy atom. The Hall–Kier alpha value is -1.35. The van der Waals surface area contributed by atoms with Crippen LogP contribution in [0.15, 0.2) is 24.3 Å². The maximum Gasteiger partial charge on any atom is 0.357 e. The van der Waals surface area contributed by atoms with Crippen molar-refractivity contribution in [2.75, 3.05) is 13.1 Å². The molecule has 0 saturated carbocycles. The molecule has 0 aliphatic carbocycles. The second kappa shape index (κ2) is 6.28. The highest BCUT2D eigenvalue weighted by Crippen LogP contribution is 2.11. The maximum atomic E-state index is 11.9. The van der Waals surface area contributed by atoms with Crippen LogP contribution < -0.4 is 0 Å². The zero-order valence-electron chi connectivity index (χ0n) is 10.2. The van der Waals surface area contributed by atoms with Crippen LogP contribution in [0.3, 0.4) is 0 Å². The Labute approximate surface area is 97.0 Å². The van der Waals surface area contributed by atoms with Gasteiger partial charge in [-0.05, 0) is 31.9 Å². The first kappa shape index (κ1) is 12.7. The molecular formula is C13H19NO2. The van der Waals surface area contributed by atoms with Crippen molar-refractivity contribution in [3.05, 3.63) is 35.4 Å². The number of benzene rings is 1. The van der Waals surface area contributed by atoms with Crippen LogP contribution in [0.4, 0.5) is 0 Å². The molecule has 0 aromatic heterocycles. The molecule has 3 nitrogen and oxygen atoms in total. The number of nitrogens with zero attached hydrogens (tertiary/aromatic N) is 1. The summed E-state index contributed by atoms with van der Waals surface area (Å²) in [5.74, 6) is -0.263. The summed E-state index contributed by atoms with van der Waals surface area (Å²) in [7, 11) is 0. The third kappa shape index (κ3) is 3.07. The molecule has 0 bridgehead atoms. The number of carbonyl (C=O) groups is 1. The summed E-state index contributed by atoms with van der Waals surface area (Å²) in [4.78, 5) is 17.2. The highest BCUT2D eigenvalue weighted by atomic mass is 16.7. The first-order valence-corrected chi connectivity index (χ1v) is 5.78. The third-order valence-corrected chi connectivity index (χ3v) is 2.54. The smallest absolute Gasteiger partial charge is 0.357 e. The number of rotatable bonds is 5. The molecule has 0 N–H and O–H groups in total. The summed E-state index contributed by atoms with van der Waals surface area (Å²) < 4.78 is 0. The van der Waals surface area contributed by atoms with E-state index in [-0.39, 0.29) is 5.97 Å². The van der Waals surface area contributed by atoms with Gasteiger partial charge in [-0.2, -0.15) is 0 Å². The molecule has 0 unspecified atom stereocenters. The average Bonchev–Trinajstić information content (AvgIpc) is 2.35. The normalized spacial score (nSPS) is 10.5. The van der Waals surface area contributed by atoms with Gasteiger partial charge in [0, 0.05) is 13.1 Å². The summed E-state index contributed by atoms with van der Waals surface area (Å²) in [6.07, 6.45) is 0.837. The first-order chi connectivity index (χ1) is 7.72. The number of carbonyl (C=O) groups excluding carboxylic acids is 1. The van der Waals surface area contributed by atoms with Gasteiger partial charge in [-0.3, -0.25) is 0 Å². The number of hydrogen-bond acceptors (Lipinski definition) is 3. The Kier molecular flexibility index (Phi) is 4.99. The van der Waals surface area contributed by atoms with Crippen LogP contribution in [0.1, 0.15) is 36.7 Å². The lowest BCUT2D eigenvalue weighted by Crippen LogP contribution is -2.27. The van der Waals surface area contributed by atoms with Crippen molar-refractivity contribution in [2.24, 2.45) is 0 Å². The molecule has 0 aliphatic rings. The van der Waals surface area contributed by atoms with Crippen LogP contribution in [0.25, 0.3) is 0 Å². The molecule has 0 aliphatic heterocycles. The summed E-state index contributed by atoms with van der Waals surface area (Å²) in [5, 5.41) is 1.65. The fourth-order valence-electron chi connectivity index (χ4n) is 1.55. The molecule has 0 saturated heterocycles. The highest BCUT2D eigenvalue weighted by molar-refractivity contribution is 5.90. The monoisotopic (exact) mass is 221 g/mol. The molecule has 3 heteroatoms. The van der Waals surface area contributed by atoms with Gasteiger partial charge in [0.15, 0.2) is 0 Å². The highest BCUT2D eigenvalue weighted by Gasteiger charge is 2.14. The standard InChI is InChI=1S/C13H19NO2/c1-4-11-9-7-8-10-12(11)13(15)16-14(5-2)6-3/h7-10H,4-6H2,1-3H3. The van der Waals surface area contributed by atoms with Crippen molar-refractivity contribution in [1.82, 2.24) is 5.06 Å². The molecule has 0 atom stereocenters. The zero-order chi connectivity index (χ0) is 12.0. The maximum absolute atomic E-state index is 11.9. The van der Waals surface area contributed by atoms with Crippen molar-refractivity contribution in [1.29, 1.82) is 0 Å². The minimum absolute atomic E-state index is 0.263. The quantitative estimate of drug-likeness (QED) is 0.716. The Bertz CT molecular complexity index is 346. The lowest BCUT2D eigenvalue weighted by atomic mass is 10.1. The van der Waals surface area contributed by atoms with Crippen LogP contribution in [-0.4, -0.2) is 24.1 Å². The summed E-state index contributed by atoms with van der Waals surface area (Å²) in [6.45, 7) is 7.36. The molecule has 0 heterocycles. The van der Waals surface area contributed by atoms with E-state index in [1.54, 1.807) is 5.06 Å². The van der Waals surface area contributed by atoms with Crippen LogP contribution >= 0.6 is 0 Å². The van der Waals surface area contributed by atoms with E-state index in [0.717, 1.165) is 12.0 Å². The summed E-state index contributed by atoms with van der Waals surface area (Å²) in [6, 6.07) is 7.56. The van der Waals surface area contributed by atoms with Gasteiger partial charge in [0.1, 0.15) is 0 Å². The van der Waals surface area contributed by atoms with Gasteiger partial charge in [-0.15, -0.1) is 5.06 Å². The van der Waals surface area contributed by atoms with Crippen molar-refractivity contribution >= 4 is 5.97 Å². The minimum atomic E-state index is -0.263. The fourth-order valence-corrected chi connectivity index (χ4v) is 1.55. The van der Waals surface area contributed by atoms with E-state index in [9.17, 15) is 4.79 Å². The molecule has 1 aromatic rings. The molecule has 1 rings (SSSR count). The molecule has 1 aromatic carbocycles. The van der Waals surface area contributed by atoms with Gasteiger partial charge in [0.25, 0.3) is 0 Å². The minimum Gasteiger partial charge on any atom is -0.364 e. The predicted molar refractivity (Wildman–Crippen MR) is 64.2 cm³/mol. The Morgan fingerprint density at radius 2 is 1.81 bits per heavy atom. The molecule has 0 radical (unpaired) electrons. The van der Waals surface area contributed by atoms with E-state index < -0.39 is 0 Å². The van der Waals surface area contributed by atoms with Crippen molar-refractivity contribution < 1.29 is 9.63 Å². The van der Waals surface area contributed by atoms with Crippen molar-refractivity contribution in [3.63, 3.8) is 0 Å². The SMILES string of the molecule is CCc1ccccc1C(=O)ON(CC)CC. The lowest BCUT2D eigenvalue weighted by molar-refractivity contribution is -0.103. The second-order valence-corrected chi connectivity index (χ2v) is 3.50. The third-order valence-electron chi connectivity index (χ3n) is 2.54. The van der Waals surface area contributed by atoms with Gasteiger partial charge >= 0.3 is 5.97 Å². The largest absolute Gasteiger partial charge is 0.364 e. The second-order valence-electron chi connectivity index (χ2n) is 3.50. The van der Waals surface area contributed by atoms with E-state index in [0.29, 0.717) is 18.7 Å². The molecule has 0 fully saturated rings. The topological polar surface area (TPSA) is 29.5 Å². The van der Waals surface area contributed by atoms with Crippen molar-refractivity contribution in [3.8, 4) is 0 Å². The number of hydroxylamine groups is 2. The van der Waals surface area contributed by atoms with Gasteiger partial charge in [0.2, 0.25) is 0 Å². The lowest BCUT2D eigenvalue weighted by Gasteiger charge is -2.17. The van der Waals surface area contributed by atoms with Crippen LogP contribution in [0.2, 0.25) is 0 Å².